The first-order valence-corrected chi connectivity index (χ1v) is 7.80. The molecule has 8 heteroatoms. The second kappa shape index (κ2) is 7.20. The molecular formula is C12H15N5OS2. The lowest BCUT2D eigenvalue weighted by atomic mass is 10.4. The van der Waals surface area contributed by atoms with E-state index in [1.807, 2.05) is 24.4 Å². The molecule has 1 unspecified atom stereocenters. The fraction of sp³-hybridized carbons (Fsp3) is 0.333. The number of thiophene rings is 1. The van der Waals surface area contributed by atoms with Crippen LogP contribution in [0.1, 0.15) is 11.8 Å². The van der Waals surface area contributed by atoms with E-state index in [1.165, 1.54) is 16.6 Å². The molecule has 2 heterocycles. The minimum atomic E-state index is -0.261. The van der Waals surface area contributed by atoms with Crippen molar-refractivity contribution in [2.24, 2.45) is 0 Å². The van der Waals surface area contributed by atoms with E-state index in [9.17, 15) is 4.79 Å². The number of nitrogens with zero attached hydrogens (tertiary/aromatic N) is 4. The molecule has 0 saturated carbocycles. The number of amides is 1. The molecule has 106 valence electrons. The Morgan fingerprint density at radius 1 is 1.70 bits per heavy atom. The van der Waals surface area contributed by atoms with Crippen LogP contribution in [0.3, 0.4) is 0 Å². The summed E-state index contributed by atoms with van der Waals surface area (Å²) in [6.07, 6.45) is 1.65. The summed E-state index contributed by atoms with van der Waals surface area (Å²) in [5.74, 6) is -0.0550. The third-order valence-electron chi connectivity index (χ3n) is 2.46. The smallest absolute Gasteiger partial charge is 0.233 e. The van der Waals surface area contributed by atoms with Gasteiger partial charge in [-0.25, -0.2) is 4.68 Å². The molecule has 2 rings (SSSR count). The lowest BCUT2D eigenvalue weighted by Crippen LogP contribution is -2.31. The highest BCUT2D eigenvalue weighted by Crippen LogP contribution is 2.21. The van der Waals surface area contributed by atoms with Gasteiger partial charge in [-0.1, -0.05) is 23.9 Å². The number of hydrogen-bond acceptors (Lipinski definition) is 6. The molecule has 0 spiro atoms. The predicted molar refractivity (Wildman–Crippen MR) is 79.8 cm³/mol. The molecule has 0 aliphatic rings. The molecule has 0 bridgehead atoms. The minimum absolute atomic E-state index is 0.0550. The second-order valence-electron chi connectivity index (χ2n) is 3.99. The predicted octanol–water partition coefficient (Wildman–Crippen LogP) is 1.57. The molecule has 1 atom stereocenters. The number of hydrogen-bond donors (Lipinski definition) is 1. The highest BCUT2D eigenvalue weighted by molar-refractivity contribution is 8.00. The van der Waals surface area contributed by atoms with E-state index >= 15 is 0 Å². The Morgan fingerprint density at radius 2 is 2.55 bits per heavy atom. The molecular weight excluding hydrogens is 294 g/mol. The first-order chi connectivity index (χ1) is 9.70. The summed E-state index contributed by atoms with van der Waals surface area (Å²) in [6, 6.07) is 4.02. The van der Waals surface area contributed by atoms with E-state index in [1.54, 1.807) is 22.1 Å². The zero-order valence-corrected chi connectivity index (χ0v) is 12.7. The number of carbonyl (C=O) groups excluding carboxylic acids is 1. The number of aromatic nitrogens is 4. The molecule has 2 aromatic rings. The van der Waals surface area contributed by atoms with Gasteiger partial charge in [0.25, 0.3) is 0 Å². The average Bonchev–Trinajstić information content (AvgIpc) is 3.09. The summed E-state index contributed by atoms with van der Waals surface area (Å²) in [6.45, 7) is 6.47. The van der Waals surface area contributed by atoms with E-state index in [-0.39, 0.29) is 11.2 Å². The van der Waals surface area contributed by atoms with Crippen LogP contribution in [0.15, 0.2) is 35.3 Å². The summed E-state index contributed by atoms with van der Waals surface area (Å²) >= 11 is 2.99. The van der Waals surface area contributed by atoms with E-state index in [0.717, 1.165) is 0 Å². The molecule has 0 fully saturated rings. The van der Waals surface area contributed by atoms with Crippen molar-refractivity contribution in [3.63, 3.8) is 0 Å². The molecule has 0 aromatic carbocycles. The minimum Gasteiger partial charge on any atom is -0.352 e. The Morgan fingerprint density at radius 3 is 3.25 bits per heavy atom. The standard InChI is InChI=1S/C12H15N5OS2/c1-3-6-13-11(18)9(2)20-12-14-15-16-17(12)8-10-5-4-7-19-10/h3-5,7,9H,1,6,8H2,2H3,(H,13,18). The van der Waals surface area contributed by atoms with Crippen molar-refractivity contribution in [3.05, 3.63) is 35.0 Å². The highest BCUT2D eigenvalue weighted by Gasteiger charge is 2.18. The van der Waals surface area contributed by atoms with Crippen molar-refractivity contribution in [3.8, 4) is 0 Å². The van der Waals surface area contributed by atoms with Gasteiger partial charge in [0.2, 0.25) is 11.1 Å². The van der Waals surface area contributed by atoms with Crippen LogP contribution in [0.5, 0.6) is 0 Å². The van der Waals surface area contributed by atoms with Gasteiger partial charge in [-0.3, -0.25) is 4.79 Å². The molecule has 20 heavy (non-hydrogen) atoms. The Bertz CT molecular complexity index is 566. The zero-order chi connectivity index (χ0) is 14.4. The van der Waals surface area contributed by atoms with Gasteiger partial charge < -0.3 is 5.32 Å². The number of thioether (sulfide) groups is 1. The molecule has 6 nitrogen and oxygen atoms in total. The summed E-state index contributed by atoms with van der Waals surface area (Å²) in [5, 5.41) is 16.7. The normalized spacial score (nSPS) is 12.1. The van der Waals surface area contributed by atoms with Crippen molar-refractivity contribution in [2.45, 2.75) is 23.9 Å². The maximum absolute atomic E-state index is 11.8. The lowest BCUT2D eigenvalue weighted by Gasteiger charge is -2.10. The van der Waals surface area contributed by atoms with Gasteiger partial charge in [0.1, 0.15) is 0 Å². The number of carbonyl (C=O) groups is 1. The summed E-state index contributed by atoms with van der Waals surface area (Å²) in [5.41, 5.74) is 0. The summed E-state index contributed by atoms with van der Waals surface area (Å²) in [4.78, 5) is 13.0. The van der Waals surface area contributed by atoms with Crippen LogP contribution in [0.4, 0.5) is 0 Å². The SMILES string of the molecule is C=CCNC(=O)C(C)Sc1nnnn1Cc1cccs1. The Hall–Kier alpha value is -1.67. The lowest BCUT2D eigenvalue weighted by molar-refractivity contribution is -0.120. The summed E-state index contributed by atoms with van der Waals surface area (Å²) < 4.78 is 1.70. The third kappa shape index (κ3) is 3.91. The Labute approximate surface area is 125 Å². The summed E-state index contributed by atoms with van der Waals surface area (Å²) in [7, 11) is 0. The van der Waals surface area contributed by atoms with Gasteiger partial charge in [-0.2, -0.15) is 0 Å². The van der Waals surface area contributed by atoms with Crippen molar-refractivity contribution < 1.29 is 4.79 Å². The van der Waals surface area contributed by atoms with Crippen LogP contribution in [0, 0.1) is 0 Å². The fourth-order valence-electron chi connectivity index (χ4n) is 1.46. The van der Waals surface area contributed by atoms with Crippen LogP contribution >= 0.6 is 23.1 Å². The molecule has 2 aromatic heterocycles. The van der Waals surface area contributed by atoms with Crippen LogP contribution in [-0.4, -0.2) is 37.9 Å². The van der Waals surface area contributed by atoms with Crippen molar-refractivity contribution in [1.82, 2.24) is 25.5 Å². The molecule has 0 saturated heterocycles. The van der Waals surface area contributed by atoms with Crippen LogP contribution in [0.25, 0.3) is 0 Å². The average molecular weight is 309 g/mol. The number of rotatable bonds is 7. The molecule has 0 aliphatic heterocycles. The first kappa shape index (κ1) is 14.7. The van der Waals surface area contributed by atoms with Gasteiger partial charge in [0, 0.05) is 11.4 Å². The molecule has 0 aliphatic carbocycles. The van der Waals surface area contributed by atoms with Crippen LogP contribution in [-0.2, 0) is 11.3 Å². The molecule has 0 radical (unpaired) electrons. The van der Waals surface area contributed by atoms with Gasteiger partial charge in [-0.15, -0.1) is 23.0 Å². The fourth-order valence-corrected chi connectivity index (χ4v) is 2.96. The quantitative estimate of drug-likeness (QED) is 0.621. The van der Waals surface area contributed by atoms with Gasteiger partial charge in [0.05, 0.1) is 11.8 Å². The topological polar surface area (TPSA) is 72.7 Å². The van der Waals surface area contributed by atoms with Crippen molar-refractivity contribution in [2.75, 3.05) is 6.54 Å². The number of nitrogens with one attached hydrogen (secondary N) is 1. The largest absolute Gasteiger partial charge is 0.352 e. The Balaban J connectivity index is 1.97. The van der Waals surface area contributed by atoms with Gasteiger partial charge in [0.15, 0.2) is 0 Å². The highest BCUT2D eigenvalue weighted by atomic mass is 32.2. The number of tetrazole rings is 1. The third-order valence-corrected chi connectivity index (χ3v) is 4.39. The van der Waals surface area contributed by atoms with Crippen LogP contribution < -0.4 is 5.32 Å². The second-order valence-corrected chi connectivity index (χ2v) is 6.33. The maximum Gasteiger partial charge on any atom is 0.233 e. The molecule has 1 amide bonds. The van der Waals surface area contributed by atoms with Crippen molar-refractivity contribution >= 4 is 29.0 Å². The van der Waals surface area contributed by atoms with E-state index < -0.39 is 0 Å². The van der Waals surface area contributed by atoms with Gasteiger partial charge in [-0.05, 0) is 28.8 Å². The van der Waals surface area contributed by atoms with Crippen LogP contribution in [0.2, 0.25) is 0 Å². The first-order valence-electron chi connectivity index (χ1n) is 6.04. The maximum atomic E-state index is 11.8. The van der Waals surface area contributed by atoms with E-state index in [0.29, 0.717) is 18.2 Å². The van der Waals surface area contributed by atoms with E-state index in [4.69, 9.17) is 0 Å². The van der Waals surface area contributed by atoms with Crippen molar-refractivity contribution in [1.29, 1.82) is 0 Å². The zero-order valence-electron chi connectivity index (χ0n) is 11.0. The van der Waals surface area contributed by atoms with E-state index in [2.05, 4.69) is 27.4 Å². The van der Waals surface area contributed by atoms with Gasteiger partial charge >= 0.3 is 0 Å². The molecule has 1 N–H and O–H groups in total. The monoisotopic (exact) mass is 309 g/mol. The Kier molecular flexibility index (Phi) is 5.31.